The van der Waals surface area contributed by atoms with Crippen LogP contribution in [0.25, 0.3) is 5.69 Å². The van der Waals surface area contributed by atoms with Gasteiger partial charge in [0.25, 0.3) is 0 Å². The fourth-order valence-electron chi connectivity index (χ4n) is 3.14. The topological polar surface area (TPSA) is 30.7 Å². The Morgan fingerprint density at radius 3 is 1.84 bits per heavy atom. The van der Waals surface area contributed by atoms with Gasteiger partial charge in [-0.25, -0.2) is 9.67 Å². The highest BCUT2D eigenvalue weighted by molar-refractivity contribution is 9.10. The van der Waals surface area contributed by atoms with E-state index < -0.39 is 0 Å². The highest BCUT2D eigenvalue weighted by atomic mass is 79.9. The van der Waals surface area contributed by atoms with E-state index in [1.165, 1.54) is 16.7 Å². The van der Waals surface area contributed by atoms with Crippen LogP contribution in [0.4, 0.5) is 0 Å². The Morgan fingerprint density at radius 2 is 1.28 bits per heavy atom. The second-order valence-electron chi connectivity index (χ2n) is 5.77. The Bertz CT molecular complexity index is 925. The SMILES string of the molecule is Brc1ncn(-c2ccccc2C(c2ccccc2)c2ccccc2)n1. The van der Waals surface area contributed by atoms with Crippen molar-refractivity contribution < 1.29 is 0 Å². The van der Waals surface area contributed by atoms with Crippen LogP contribution in [0, 0.1) is 0 Å². The van der Waals surface area contributed by atoms with Crippen LogP contribution >= 0.6 is 15.9 Å². The van der Waals surface area contributed by atoms with E-state index in [9.17, 15) is 0 Å². The lowest BCUT2D eigenvalue weighted by Gasteiger charge is -2.21. The molecule has 4 aromatic rings. The third kappa shape index (κ3) is 3.26. The van der Waals surface area contributed by atoms with Crippen molar-refractivity contribution in [3.63, 3.8) is 0 Å². The molecule has 0 bridgehead atoms. The predicted octanol–water partition coefficient (Wildman–Crippen LogP) is 5.21. The van der Waals surface area contributed by atoms with E-state index in [-0.39, 0.29) is 5.92 Å². The quantitative estimate of drug-likeness (QED) is 0.448. The van der Waals surface area contributed by atoms with Crippen molar-refractivity contribution in [3.8, 4) is 5.69 Å². The first-order valence-corrected chi connectivity index (χ1v) is 8.88. The van der Waals surface area contributed by atoms with E-state index in [2.05, 4.69) is 92.7 Å². The van der Waals surface area contributed by atoms with Crippen molar-refractivity contribution in [1.29, 1.82) is 0 Å². The van der Waals surface area contributed by atoms with Crippen LogP contribution in [0.2, 0.25) is 0 Å². The largest absolute Gasteiger partial charge is 0.220 e. The summed E-state index contributed by atoms with van der Waals surface area (Å²) in [5.74, 6) is 0.126. The summed E-state index contributed by atoms with van der Waals surface area (Å²) in [5, 5.41) is 4.43. The van der Waals surface area contributed by atoms with Crippen molar-refractivity contribution in [3.05, 3.63) is 113 Å². The molecule has 0 N–H and O–H groups in total. The standard InChI is InChI=1S/C21H16BrN3/c22-21-23-15-25(24-21)19-14-8-7-13-18(19)20(16-9-3-1-4-10-16)17-11-5-2-6-12-17/h1-15,20H. The van der Waals surface area contributed by atoms with Gasteiger partial charge in [0.1, 0.15) is 6.33 Å². The number of rotatable bonds is 4. The maximum Gasteiger partial charge on any atom is 0.217 e. The Hall–Kier alpha value is -2.72. The summed E-state index contributed by atoms with van der Waals surface area (Å²) in [4.78, 5) is 4.21. The van der Waals surface area contributed by atoms with Crippen LogP contribution in [-0.2, 0) is 0 Å². The molecule has 0 unspecified atom stereocenters. The molecule has 0 aliphatic carbocycles. The first-order chi connectivity index (χ1) is 12.3. The minimum atomic E-state index is 0.126. The van der Waals surface area contributed by atoms with E-state index in [0.717, 1.165) is 5.69 Å². The summed E-state index contributed by atoms with van der Waals surface area (Å²) in [7, 11) is 0. The fraction of sp³-hybridized carbons (Fsp3) is 0.0476. The van der Waals surface area contributed by atoms with Gasteiger partial charge in [-0.15, -0.1) is 5.10 Å². The Balaban J connectivity index is 1.92. The van der Waals surface area contributed by atoms with Crippen LogP contribution < -0.4 is 0 Å². The van der Waals surface area contributed by atoms with E-state index >= 15 is 0 Å². The number of aromatic nitrogens is 3. The maximum absolute atomic E-state index is 4.43. The van der Waals surface area contributed by atoms with E-state index in [4.69, 9.17) is 0 Å². The Morgan fingerprint density at radius 1 is 0.720 bits per heavy atom. The minimum absolute atomic E-state index is 0.126. The second kappa shape index (κ2) is 7.03. The van der Waals surface area contributed by atoms with Crippen molar-refractivity contribution in [2.45, 2.75) is 5.92 Å². The third-order valence-electron chi connectivity index (χ3n) is 4.22. The number of halogens is 1. The molecule has 0 radical (unpaired) electrons. The molecule has 1 heterocycles. The van der Waals surface area contributed by atoms with Crippen molar-refractivity contribution in [1.82, 2.24) is 14.8 Å². The molecule has 0 spiro atoms. The molecule has 4 heteroatoms. The lowest BCUT2D eigenvalue weighted by molar-refractivity contribution is 0.839. The summed E-state index contributed by atoms with van der Waals surface area (Å²) in [6.45, 7) is 0. The number of hydrogen-bond acceptors (Lipinski definition) is 2. The summed E-state index contributed by atoms with van der Waals surface area (Å²) in [6.07, 6.45) is 1.73. The van der Waals surface area contributed by atoms with Crippen molar-refractivity contribution in [2.75, 3.05) is 0 Å². The predicted molar refractivity (Wildman–Crippen MR) is 103 cm³/mol. The summed E-state index contributed by atoms with van der Waals surface area (Å²) < 4.78 is 2.40. The molecular weight excluding hydrogens is 374 g/mol. The van der Waals surface area contributed by atoms with Gasteiger partial charge >= 0.3 is 0 Å². The number of para-hydroxylation sites is 1. The number of benzene rings is 3. The van der Waals surface area contributed by atoms with Gasteiger partial charge in [0.15, 0.2) is 0 Å². The first kappa shape index (κ1) is 15.8. The zero-order chi connectivity index (χ0) is 17.1. The smallest absolute Gasteiger partial charge is 0.217 e. The number of hydrogen-bond donors (Lipinski definition) is 0. The van der Waals surface area contributed by atoms with Crippen molar-refractivity contribution >= 4 is 15.9 Å². The molecule has 122 valence electrons. The Kier molecular flexibility index (Phi) is 4.44. The average Bonchev–Trinajstić information content (AvgIpc) is 3.10. The molecule has 0 amide bonds. The minimum Gasteiger partial charge on any atom is -0.220 e. The second-order valence-corrected chi connectivity index (χ2v) is 6.48. The van der Waals surface area contributed by atoms with Gasteiger partial charge in [-0.05, 0) is 38.7 Å². The van der Waals surface area contributed by atoms with Gasteiger partial charge < -0.3 is 0 Å². The van der Waals surface area contributed by atoms with Gasteiger partial charge in [0.05, 0.1) is 5.69 Å². The normalized spacial score (nSPS) is 11.0. The summed E-state index contributed by atoms with van der Waals surface area (Å²) in [5.41, 5.74) is 4.72. The van der Waals surface area contributed by atoms with Crippen LogP contribution in [0.3, 0.4) is 0 Å². The van der Waals surface area contributed by atoms with E-state index in [0.29, 0.717) is 4.73 Å². The van der Waals surface area contributed by atoms with Crippen LogP contribution in [0.1, 0.15) is 22.6 Å². The zero-order valence-electron chi connectivity index (χ0n) is 13.5. The Labute approximate surface area is 155 Å². The van der Waals surface area contributed by atoms with Gasteiger partial charge in [0, 0.05) is 5.92 Å². The van der Waals surface area contributed by atoms with Crippen molar-refractivity contribution in [2.24, 2.45) is 0 Å². The molecule has 25 heavy (non-hydrogen) atoms. The van der Waals surface area contributed by atoms with Crippen LogP contribution in [0.15, 0.2) is 96.0 Å². The summed E-state index contributed by atoms with van der Waals surface area (Å²) >= 11 is 3.34. The third-order valence-corrected chi connectivity index (χ3v) is 4.59. The monoisotopic (exact) mass is 389 g/mol. The molecule has 0 saturated heterocycles. The average molecular weight is 390 g/mol. The van der Waals surface area contributed by atoms with Gasteiger partial charge in [0.2, 0.25) is 4.73 Å². The fourth-order valence-corrected chi connectivity index (χ4v) is 3.40. The molecule has 0 saturated carbocycles. The van der Waals surface area contributed by atoms with Gasteiger partial charge in [-0.3, -0.25) is 0 Å². The molecule has 0 atom stereocenters. The number of nitrogens with zero attached hydrogens (tertiary/aromatic N) is 3. The molecule has 3 nitrogen and oxygen atoms in total. The van der Waals surface area contributed by atoms with Crippen LogP contribution in [-0.4, -0.2) is 14.8 Å². The molecule has 0 fully saturated rings. The molecule has 4 rings (SSSR count). The molecule has 0 aliphatic heterocycles. The zero-order valence-corrected chi connectivity index (χ0v) is 15.0. The summed E-state index contributed by atoms with van der Waals surface area (Å²) in [6, 6.07) is 29.5. The van der Waals surface area contributed by atoms with Gasteiger partial charge in [-0.1, -0.05) is 78.9 Å². The molecule has 3 aromatic carbocycles. The molecule has 1 aromatic heterocycles. The lowest BCUT2D eigenvalue weighted by Crippen LogP contribution is -2.08. The highest BCUT2D eigenvalue weighted by Crippen LogP contribution is 2.35. The van der Waals surface area contributed by atoms with Gasteiger partial charge in [-0.2, -0.15) is 0 Å². The maximum atomic E-state index is 4.43. The van der Waals surface area contributed by atoms with E-state index in [1.807, 2.05) is 22.9 Å². The molecule has 0 aliphatic rings. The lowest BCUT2D eigenvalue weighted by atomic mass is 9.84. The molecular formula is C21H16BrN3. The van der Waals surface area contributed by atoms with E-state index in [1.54, 1.807) is 6.33 Å². The van der Waals surface area contributed by atoms with Crippen LogP contribution in [0.5, 0.6) is 0 Å². The first-order valence-electron chi connectivity index (χ1n) is 8.09. The highest BCUT2D eigenvalue weighted by Gasteiger charge is 2.20.